The molecule has 2 rings (SSSR count). The number of rotatable bonds is 10. The molecule has 0 saturated heterocycles. The Morgan fingerprint density at radius 2 is 1.83 bits per heavy atom. The van der Waals surface area contributed by atoms with Gasteiger partial charge in [0.25, 0.3) is 0 Å². The molecule has 2 aromatic rings. The second kappa shape index (κ2) is 11.1. The lowest BCUT2D eigenvalue weighted by Crippen LogP contribution is -2.24. The molecule has 2 aromatic carbocycles. The van der Waals surface area contributed by atoms with Crippen LogP contribution in [-0.4, -0.2) is 38.9 Å². The minimum Gasteiger partial charge on any atom is -0.497 e. The lowest BCUT2D eigenvalue weighted by Gasteiger charge is -2.11. The van der Waals surface area contributed by atoms with Gasteiger partial charge >= 0.3 is 0 Å². The molecule has 0 aliphatic carbocycles. The largest absolute Gasteiger partial charge is 0.497 e. The maximum Gasteiger partial charge on any atom is 0.249 e. The van der Waals surface area contributed by atoms with Crippen molar-refractivity contribution in [1.82, 2.24) is 5.43 Å². The van der Waals surface area contributed by atoms with E-state index >= 15 is 0 Å². The molecule has 0 heterocycles. The number of methoxy groups -OCH3 is 2. The number of para-hydroxylation sites is 1. The van der Waals surface area contributed by atoms with Crippen LogP contribution in [0.2, 0.25) is 0 Å². The normalized spacial score (nSPS) is 10.3. The van der Waals surface area contributed by atoms with E-state index in [1.54, 1.807) is 55.7 Å². The smallest absolute Gasteiger partial charge is 0.249 e. The van der Waals surface area contributed by atoms with Gasteiger partial charge in [0.2, 0.25) is 11.8 Å². The minimum absolute atomic E-state index is 0.291. The first-order valence-corrected chi connectivity index (χ1v) is 8.74. The van der Waals surface area contributed by atoms with Crippen molar-refractivity contribution in [1.29, 1.82) is 0 Å². The average molecular weight is 397 g/mol. The van der Waals surface area contributed by atoms with Crippen LogP contribution < -0.4 is 25.0 Å². The van der Waals surface area contributed by atoms with E-state index in [2.05, 4.69) is 22.4 Å². The van der Waals surface area contributed by atoms with Gasteiger partial charge in [-0.25, -0.2) is 5.43 Å². The van der Waals surface area contributed by atoms with Crippen LogP contribution in [0.25, 0.3) is 0 Å². The number of carbonyl (C=O) groups is 2. The molecule has 29 heavy (non-hydrogen) atoms. The predicted molar refractivity (Wildman–Crippen MR) is 111 cm³/mol. The van der Waals surface area contributed by atoms with Crippen molar-refractivity contribution < 1.29 is 23.8 Å². The number of nitrogens with one attached hydrogen (secondary N) is 2. The highest BCUT2D eigenvalue weighted by molar-refractivity contribution is 6.03. The highest BCUT2D eigenvalue weighted by Gasteiger charge is 2.11. The molecular weight excluding hydrogens is 374 g/mol. The lowest BCUT2D eigenvalue weighted by molar-refractivity contribution is -0.126. The van der Waals surface area contributed by atoms with Crippen molar-refractivity contribution in [3.05, 3.63) is 60.7 Å². The zero-order chi connectivity index (χ0) is 21.1. The zero-order valence-electron chi connectivity index (χ0n) is 16.3. The van der Waals surface area contributed by atoms with Crippen molar-refractivity contribution in [2.75, 3.05) is 26.1 Å². The van der Waals surface area contributed by atoms with Crippen LogP contribution in [0.1, 0.15) is 12.0 Å². The number of anilines is 1. The minimum atomic E-state index is -0.552. The Kier molecular flexibility index (Phi) is 8.25. The molecule has 0 spiro atoms. The van der Waals surface area contributed by atoms with Gasteiger partial charge in [-0.15, -0.1) is 0 Å². The molecular formula is C21H23N3O5. The van der Waals surface area contributed by atoms with Crippen molar-refractivity contribution >= 4 is 23.7 Å². The van der Waals surface area contributed by atoms with Crippen LogP contribution in [0.4, 0.5) is 5.69 Å². The summed E-state index contributed by atoms with van der Waals surface area (Å²) in [5.41, 5.74) is 3.49. The number of hydrogen-bond donors (Lipinski definition) is 2. The molecule has 0 radical (unpaired) electrons. The van der Waals surface area contributed by atoms with E-state index in [9.17, 15) is 9.59 Å². The molecule has 0 aliphatic rings. The Morgan fingerprint density at radius 1 is 1.07 bits per heavy atom. The Labute approximate surface area is 169 Å². The van der Waals surface area contributed by atoms with E-state index in [1.165, 1.54) is 13.3 Å². The second-order valence-corrected chi connectivity index (χ2v) is 5.72. The molecule has 8 nitrogen and oxygen atoms in total. The fraction of sp³-hybridized carbons (Fsp3) is 0.190. The summed E-state index contributed by atoms with van der Waals surface area (Å²) in [7, 11) is 3.08. The van der Waals surface area contributed by atoms with Crippen LogP contribution in [0, 0.1) is 0 Å². The predicted octanol–water partition coefficient (Wildman–Crippen LogP) is 2.75. The van der Waals surface area contributed by atoms with Gasteiger partial charge in [-0.3, -0.25) is 9.59 Å². The summed E-state index contributed by atoms with van der Waals surface area (Å²) in [6.07, 6.45) is 2.65. The molecule has 0 unspecified atom stereocenters. The zero-order valence-corrected chi connectivity index (χ0v) is 16.3. The number of hydrazone groups is 1. The number of ether oxygens (including phenoxy) is 3. The quantitative estimate of drug-likeness (QED) is 0.278. The first-order valence-electron chi connectivity index (χ1n) is 8.74. The Hall–Kier alpha value is -3.81. The number of hydrogen-bond acceptors (Lipinski definition) is 6. The summed E-state index contributed by atoms with van der Waals surface area (Å²) < 4.78 is 15.9. The standard InChI is InChI=1S/C21H23N3O5/c1-4-12-29-21-15(6-5-7-18(21)28-3)14-22-24-20(26)13-19(25)23-16-8-10-17(27-2)11-9-16/h4-11,14H,1,12-13H2,2-3H3,(H,23,25)(H,24,26). The SMILES string of the molecule is C=CCOc1c(C=NNC(=O)CC(=O)Nc2ccc(OC)cc2)cccc1OC. The van der Waals surface area contributed by atoms with Gasteiger partial charge in [-0.1, -0.05) is 18.7 Å². The highest BCUT2D eigenvalue weighted by Crippen LogP contribution is 2.30. The average Bonchev–Trinajstić information content (AvgIpc) is 2.73. The number of amides is 2. The topological polar surface area (TPSA) is 98.2 Å². The van der Waals surface area contributed by atoms with Crippen LogP contribution >= 0.6 is 0 Å². The molecule has 0 aromatic heterocycles. The van der Waals surface area contributed by atoms with Gasteiger partial charge in [-0.05, 0) is 36.4 Å². The first-order chi connectivity index (χ1) is 14.1. The lowest BCUT2D eigenvalue weighted by atomic mass is 10.2. The molecule has 0 fully saturated rings. The van der Waals surface area contributed by atoms with E-state index in [1.807, 2.05) is 0 Å². The molecule has 0 saturated carbocycles. The molecule has 0 aliphatic heterocycles. The maximum absolute atomic E-state index is 12.0. The van der Waals surface area contributed by atoms with Crippen molar-refractivity contribution in [3.8, 4) is 17.2 Å². The van der Waals surface area contributed by atoms with Crippen LogP contribution in [0.15, 0.2) is 60.2 Å². The van der Waals surface area contributed by atoms with Crippen molar-refractivity contribution in [2.45, 2.75) is 6.42 Å². The third-order valence-corrected chi connectivity index (χ3v) is 3.66. The van der Waals surface area contributed by atoms with Gasteiger partial charge in [0, 0.05) is 11.3 Å². The van der Waals surface area contributed by atoms with Gasteiger partial charge in [0.15, 0.2) is 11.5 Å². The van der Waals surface area contributed by atoms with Crippen molar-refractivity contribution in [3.63, 3.8) is 0 Å². The van der Waals surface area contributed by atoms with E-state index in [0.717, 1.165) is 0 Å². The van der Waals surface area contributed by atoms with Crippen LogP contribution in [-0.2, 0) is 9.59 Å². The summed E-state index contributed by atoms with van der Waals surface area (Å²) in [4.78, 5) is 23.9. The van der Waals surface area contributed by atoms with E-state index < -0.39 is 11.8 Å². The summed E-state index contributed by atoms with van der Waals surface area (Å²) in [5.74, 6) is 0.665. The summed E-state index contributed by atoms with van der Waals surface area (Å²) in [6, 6.07) is 12.1. The number of benzene rings is 2. The van der Waals surface area contributed by atoms with Gasteiger partial charge in [-0.2, -0.15) is 5.10 Å². The molecule has 2 N–H and O–H groups in total. The third-order valence-electron chi connectivity index (χ3n) is 3.66. The number of carbonyl (C=O) groups excluding carboxylic acids is 2. The monoisotopic (exact) mass is 397 g/mol. The maximum atomic E-state index is 12.0. The molecule has 0 bridgehead atoms. The Bertz CT molecular complexity index is 878. The molecule has 0 atom stereocenters. The summed E-state index contributed by atoms with van der Waals surface area (Å²) in [5, 5.41) is 6.51. The first kappa shape index (κ1) is 21.5. The number of nitrogens with zero attached hydrogens (tertiary/aromatic N) is 1. The summed E-state index contributed by atoms with van der Waals surface area (Å²) >= 11 is 0. The van der Waals surface area contributed by atoms with E-state index in [-0.39, 0.29) is 6.42 Å². The molecule has 8 heteroatoms. The Balaban J connectivity index is 1.91. The molecule has 2 amide bonds. The van der Waals surface area contributed by atoms with Gasteiger partial charge in [0.05, 0.1) is 20.4 Å². The summed E-state index contributed by atoms with van der Waals surface area (Å²) in [6.45, 7) is 3.90. The van der Waals surface area contributed by atoms with Gasteiger partial charge in [0.1, 0.15) is 18.8 Å². The fourth-order valence-electron chi connectivity index (χ4n) is 2.33. The van der Waals surface area contributed by atoms with Gasteiger partial charge < -0.3 is 19.5 Å². The van der Waals surface area contributed by atoms with E-state index in [0.29, 0.717) is 35.1 Å². The highest BCUT2D eigenvalue weighted by atomic mass is 16.5. The van der Waals surface area contributed by atoms with Crippen molar-refractivity contribution in [2.24, 2.45) is 5.10 Å². The second-order valence-electron chi connectivity index (χ2n) is 5.72. The third kappa shape index (κ3) is 6.69. The molecule has 152 valence electrons. The van der Waals surface area contributed by atoms with Crippen LogP contribution in [0.5, 0.6) is 17.2 Å². The van der Waals surface area contributed by atoms with E-state index in [4.69, 9.17) is 14.2 Å². The van der Waals surface area contributed by atoms with Crippen LogP contribution in [0.3, 0.4) is 0 Å². The Morgan fingerprint density at radius 3 is 2.48 bits per heavy atom. The fourth-order valence-corrected chi connectivity index (χ4v) is 2.33.